The van der Waals surface area contributed by atoms with E-state index in [4.69, 9.17) is 9.47 Å². The lowest BCUT2D eigenvalue weighted by Gasteiger charge is -2.30. The molecule has 1 unspecified atom stereocenters. The van der Waals surface area contributed by atoms with Crippen molar-refractivity contribution in [2.45, 2.75) is 26.0 Å². The van der Waals surface area contributed by atoms with Gasteiger partial charge in [0.1, 0.15) is 24.2 Å². The fourth-order valence-electron chi connectivity index (χ4n) is 4.09. The summed E-state index contributed by atoms with van der Waals surface area (Å²) in [4.78, 5) is 2.30. The summed E-state index contributed by atoms with van der Waals surface area (Å²) in [6.45, 7) is 4.83. The number of aliphatic hydroxyl groups is 1. The smallest absolute Gasteiger partial charge is 0.120 e. The Kier molecular flexibility index (Phi) is 6.36. The van der Waals surface area contributed by atoms with E-state index in [0.717, 1.165) is 47.7 Å². The van der Waals surface area contributed by atoms with Crippen molar-refractivity contribution in [3.63, 3.8) is 0 Å². The monoisotopic (exact) mass is 403 g/mol. The molecule has 4 rings (SSSR count). The summed E-state index contributed by atoms with van der Waals surface area (Å²) in [6.07, 6.45) is 0.508. The first kappa shape index (κ1) is 20.5. The number of hydrogen-bond acceptors (Lipinski definition) is 4. The second-order valence-electron chi connectivity index (χ2n) is 7.93. The third-order valence-corrected chi connectivity index (χ3v) is 5.70. The second kappa shape index (κ2) is 9.33. The number of nitrogens with zero attached hydrogens (tertiary/aromatic N) is 1. The molecule has 0 radical (unpaired) electrons. The number of fused-ring (bicyclic) bond motifs is 1. The minimum Gasteiger partial charge on any atom is -0.497 e. The van der Waals surface area contributed by atoms with Gasteiger partial charge in [-0.05, 0) is 65.4 Å². The van der Waals surface area contributed by atoms with Gasteiger partial charge in [0, 0.05) is 19.6 Å². The Balaban J connectivity index is 1.35. The second-order valence-corrected chi connectivity index (χ2v) is 7.93. The molecule has 1 atom stereocenters. The molecular formula is C26H29NO3. The molecule has 0 aromatic heterocycles. The molecule has 4 nitrogen and oxygen atoms in total. The number of benzene rings is 3. The lowest BCUT2D eigenvalue weighted by atomic mass is 10.00. The largest absolute Gasteiger partial charge is 0.497 e. The van der Waals surface area contributed by atoms with Crippen molar-refractivity contribution < 1.29 is 14.6 Å². The summed E-state index contributed by atoms with van der Waals surface area (Å²) in [5.74, 6) is 1.62. The fourth-order valence-corrected chi connectivity index (χ4v) is 4.09. The first-order valence-electron chi connectivity index (χ1n) is 10.5. The third-order valence-electron chi connectivity index (χ3n) is 5.70. The Morgan fingerprint density at radius 2 is 1.80 bits per heavy atom. The normalized spacial score (nSPS) is 14.8. The molecule has 3 aromatic rings. The maximum atomic E-state index is 10.5. The Hall–Kier alpha value is -2.82. The van der Waals surface area contributed by atoms with Crippen molar-refractivity contribution in [2.24, 2.45) is 0 Å². The molecule has 0 saturated carbocycles. The summed E-state index contributed by atoms with van der Waals surface area (Å²) < 4.78 is 11.2. The molecule has 0 amide bonds. The molecule has 0 aliphatic carbocycles. The van der Waals surface area contributed by atoms with Crippen LogP contribution in [0.1, 0.15) is 16.7 Å². The first-order chi connectivity index (χ1) is 14.6. The fraction of sp³-hybridized carbons (Fsp3) is 0.308. The molecule has 0 saturated heterocycles. The summed E-state index contributed by atoms with van der Waals surface area (Å²) >= 11 is 0. The van der Waals surface area contributed by atoms with Crippen LogP contribution in [0.4, 0.5) is 0 Å². The summed E-state index contributed by atoms with van der Waals surface area (Å²) in [7, 11) is 1.68. The number of rotatable bonds is 7. The van der Waals surface area contributed by atoms with E-state index >= 15 is 0 Å². The van der Waals surface area contributed by atoms with Gasteiger partial charge in [-0.3, -0.25) is 4.90 Å². The van der Waals surface area contributed by atoms with Crippen LogP contribution < -0.4 is 9.47 Å². The number of aliphatic hydroxyl groups excluding tert-OH is 1. The van der Waals surface area contributed by atoms with Gasteiger partial charge in [-0.2, -0.15) is 0 Å². The van der Waals surface area contributed by atoms with Gasteiger partial charge in [0.05, 0.1) is 7.11 Å². The lowest BCUT2D eigenvalue weighted by Crippen LogP contribution is -2.38. The van der Waals surface area contributed by atoms with Crippen LogP contribution in [0, 0.1) is 6.92 Å². The average molecular weight is 404 g/mol. The zero-order valence-electron chi connectivity index (χ0n) is 17.7. The van der Waals surface area contributed by atoms with Crippen molar-refractivity contribution in [3.05, 3.63) is 83.4 Å². The zero-order valence-corrected chi connectivity index (χ0v) is 17.7. The molecule has 4 heteroatoms. The molecule has 1 aliphatic rings. The summed E-state index contributed by atoms with van der Waals surface area (Å²) in [5, 5.41) is 10.5. The predicted octanol–water partition coefficient (Wildman–Crippen LogP) is 4.47. The standard InChI is InChI=1S/C26H29NO3/c1-19-14-24(29-2)10-11-26(19)21-8-5-9-25(15-21)30-18-23(28)17-27-13-12-20-6-3-4-7-22(20)16-27/h3-11,14-15,23,28H,12-13,16-18H2,1-2H3. The predicted molar refractivity (Wildman–Crippen MR) is 120 cm³/mol. The zero-order chi connectivity index (χ0) is 20.9. The Morgan fingerprint density at radius 3 is 2.60 bits per heavy atom. The van der Waals surface area contributed by atoms with E-state index in [2.05, 4.69) is 48.2 Å². The van der Waals surface area contributed by atoms with Crippen LogP contribution in [0.15, 0.2) is 66.7 Å². The number of hydrogen-bond donors (Lipinski definition) is 1. The highest BCUT2D eigenvalue weighted by Crippen LogP contribution is 2.29. The van der Waals surface area contributed by atoms with Gasteiger partial charge in [-0.15, -0.1) is 0 Å². The van der Waals surface area contributed by atoms with Gasteiger partial charge in [0.15, 0.2) is 0 Å². The van der Waals surface area contributed by atoms with Crippen LogP contribution in [-0.4, -0.2) is 42.9 Å². The van der Waals surface area contributed by atoms with E-state index in [9.17, 15) is 5.11 Å². The molecule has 0 fully saturated rings. The third kappa shape index (κ3) is 4.84. The van der Waals surface area contributed by atoms with E-state index in [1.54, 1.807) is 7.11 Å². The van der Waals surface area contributed by atoms with E-state index in [1.165, 1.54) is 11.1 Å². The Bertz CT molecular complexity index is 1000. The number of β-amino-alcohol motifs (C(OH)–C–C–N with tert-alkyl or cyclic N) is 1. The van der Waals surface area contributed by atoms with Crippen LogP contribution in [0.3, 0.4) is 0 Å². The summed E-state index contributed by atoms with van der Waals surface area (Å²) in [6, 6.07) is 22.6. The summed E-state index contributed by atoms with van der Waals surface area (Å²) in [5.41, 5.74) is 6.17. The van der Waals surface area contributed by atoms with Crippen molar-refractivity contribution in [1.29, 1.82) is 0 Å². The number of aryl methyl sites for hydroxylation is 1. The minimum absolute atomic E-state index is 0.281. The molecule has 156 valence electrons. The van der Waals surface area contributed by atoms with Gasteiger partial charge in [0.25, 0.3) is 0 Å². The van der Waals surface area contributed by atoms with Gasteiger partial charge in [-0.25, -0.2) is 0 Å². The van der Waals surface area contributed by atoms with Crippen LogP contribution in [0.5, 0.6) is 11.5 Å². The van der Waals surface area contributed by atoms with Crippen molar-refractivity contribution in [2.75, 3.05) is 26.8 Å². The van der Waals surface area contributed by atoms with Gasteiger partial charge < -0.3 is 14.6 Å². The first-order valence-corrected chi connectivity index (χ1v) is 10.5. The van der Waals surface area contributed by atoms with Crippen LogP contribution in [-0.2, 0) is 13.0 Å². The molecule has 1 heterocycles. The topological polar surface area (TPSA) is 41.9 Å². The van der Waals surface area contributed by atoms with E-state index in [1.807, 2.05) is 30.3 Å². The lowest BCUT2D eigenvalue weighted by molar-refractivity contribution is 0.0638. The number of ether oxygens (including phenoxy) is 2. The van der Waals surface area contributed by atoms with E-state index in [0.29, 0.717) is 6.54 Å². The van der Waals surface area contributed by atoms with Crippen LogP contribution >= 0.6 is 0 Å². The molecule has 3 aromatic carbocycles. The number of methoxy groups -OCH3 is 1. The van der Waals surface area contributed by atoms with Crippen molar-refractivity contribution in [3.8, 4) is 22.6 Å². The Morgan fingerprint density at radius 1 is 0.967 bits per heavy atom. The minimum atomic E-state index is -0.526. The maximum absolute atomic E-state index is 10.5. The highest BCUT2D eigenvalue weighted by Gasteiger charge is 2.18. The molecular weight excluding hydrogens is 374 g/mol. The highest BCUT2D eigenvalue weighted by molar-refractivity contribution is 5.69. The van der Waals surface area contributed by atoms with Crippen molar-refractivity contribution in [1.82, 2.24) is 4.90 Å². The van der Waals surface area contributed by atoms with E-state index < -0.39 is 6.10 Å². The van der Waals surface area contributed by atoms with Gasteiger partial charge in [-0.1, -0.05) is 42.5 Å². The molecule has 1 N–H and O–H groups in total. The van der Waals surface area contributed by atoms with Gasteiger partial charge in [0.2, 0.25) is 0 Å². The van der Waals surface area contributed by atoms with Crippen molar-refractivity contribution >= 4 is 0 Å². The van der Waals surface area contributed by atoms with Gasteiger partial charge >= 0.3 is 0 Å². The van der Waals surface area contributed by atoms with E-state index in [-0.39, 0.29) is 6.61 Å². The SMILES string of the molecule is COc1ccc(-c2cccc(OCC(O)CN3CCc4ccccc4C3)c2)c(C)c1. The average Bonchev–Trinajstić information content (AvgIpc) is 2.77. The van der Waals surface area contributed by atoms with Crippen LogP contribution in [0.2, 0.25) is 0 Å². The quantitative estimate of drug-likeness (QED) is 0.632. The Labute approximate surface area is 178 Å². The molecule has 0 spiro atoms. The molecule has 30 heavy (non-hydrogen) atoms. The molecule has 1 aliphatic heterocycles. The maximum Gasteiger partial charge on any atom is 0.120 e. The van der Waals surface area contributed by atoms with Crippen LogP contribution in [0.25, 0.3) is 11.1 Å². The molecule has 0 bridgehead atoms. The highest BCUT2D eigenvalue weighted by atomic mass is 16.5.